The Balaban J connectivity index is 1.73. The molecule has 9 heteroatoms. The third-order valence-corrected chi connectivity index (χ3v) is 5.17. The van der Waals surface area contributed by atoms with Gasteiger partial charge in [0.25, 0.3) is 5.91 Å². The fraction of sp³-hybridized carbons (Fsp3) is 0.167. The molecule has 0 spiro atoms. The molecule has 4 aromatic rings. The molecule has 0 fully saturated rings. The number of nitrogens with one attached hydrogen (secondary N) is 1. The summed E-state index contributed by atoms with van der Waals surface area (Å²) in [5.74, 6) is 0.114. The Morgan fingerprint density at radius 2 is 2.00 bits per heavy atom. The first-order chi connectivity index (χ1) is 15.9. The van der Waals surface area contributed by atoms with E-state index in [1.165, 1.54) is 31.4 Å². The van der Waals surface area contributed by atoms with E-state index in [0.29, 0.717) is 44.9 Å². The zero-order valence-electron chi connectivity index (χ0n) is 18.2. The molecule has 0 aliphatic heterocycles. The first-order valence-corrected chi connectivity index (χ1v) is 10.0. The van der Waals surface area contributed by atoms with E-state index in [0.717, 1.165) is 0 Å². The van der Waals surface area contributed by atoms with E-state index in [1.54, 1.807) is 43.6 Å². The SMILES string of the molecule is COc1cc2[nH]c(-c3cccc(N(C)C(=O)COC(C)=O)c3)cc(=O)c2cc1-c1cnco1. The van der Waals surface area contributed by atoms with Gasteiger partial charge in [0.15, 0.2) is 24.2 Å². The Hall–Kier alpha value is -4.40. The highest BCUT2D eigenvalue weighted by Gasteiger charge is 2.16. The Morgan fingerprint density at radius 1 is 1.18 bits per heavy atom. The van der Waals surface area contributed by atoms with Crippen LogP contribution in [0.15, 0.2) is 64.3 Å². The van der Waals surface area contributed by atoms with E-state index in [9.17, 15) is 14.4 Å². The van der Waals surface area contributed by atoms with Crippen molar-refractivity contribution in [3.8, 4) is 28.3 Å². The predicted molar refractivity (Wildman–Crippen MR) is 122 cm³/mol. The average Bonchev–Trinajstić information content (AvgIpc) is 3.36. The molecular weight excluding hydrogens is 426 g/mol. The van der Waals surface area contributed by atoms with Crippen molar-refractivity contribution in [2.24, 2.45) is 0 Å². The quantitative estimate of drug-likeness (QED) is 0.451. The van der Waals surface area contributed by atoms with Crippen LogP contribution in [0.1, 0.15) is 6.92 Å². The number of hydrogen-bond donors (Lipinski definition) is 1. The van der Waals surface area contributed by atoms with Crippen LogP contribution >= 0.6 is 0 Å². The third kappa shape index (κ3) is 4.47. The molecule has 33 heavy (non-hydrogen) atoms. The molecule has 2 aromatic heterocycles. The summed E-state index contributed by atoms with van der Waals surface area (Å²) in [5, 5.41) is 0.468. The van der Waals surface area contributed by atoms with Gasteiger partial charge in [-0.25, -0.2) is 4.98 Å². The lowest BCUT2D eigenvalue weighted by atomic mass is 10.0. The second-order valence-corrected chi connectivity index (χ2v) is 7.29. The van der Waals surface area contributed by atoms with Gasteiger partial charge in [0, 0.05) is 48.4 Å². The zero-order chi connectivity index (χ0) is 23.5. The second kappa shape index (κ2) is 8.99. The Bertz CT molecular complexity index is 1390. The minimum atomic E-state index is -0.527. The smallest absolute Gasteiger partial charge is 0.303 e. The highest BCUT2D eigenvalue weighted by atomic mass is 16.5. The molecule has 0 aliphatic rings. The molecule has 168 valence electrons. The Morgan fingerprint density at radius 3 is 2.70 bits per heavy atom. The van der Waals surface area contributed by atoms with E-state index in [1.807, 2.05) is 6.07 Å². The number of rotatable bonds is 6. The number of benzene rings is 2. The highest BCUT2D eigenvalue weighted by molar-refractivity contribution is 5.95. The number of nitrogens with zero attached hydrogens (tertiary/aromatic N) is 2. The molecule has 4 rings (SSSR count). The number of esters is 1. The topological polar surface area (TPSA) is 115 Å². The van der Waals surface area contributed by atoms with Gasteiger partial charge in [0.05, 0.1) is 24.4 Å². The van der Waals surface area contributed by atoms with Crippen LogP contribution in [0.3, 0.4) is 0 Å². The number of carbonyl (C=O) groups is 2. The van der Waals surface area contributed by atoms with Crippen molar-refractivity contribution in [3.63, 3.8) is 0 Å². The fourth-order valence-corrected chi connectivity index (χ4v) is 3.43. The van der Waals surface area contributed by atoms with Crippen molar-refractivity contribution in [2.75, 3.05) is 25.7 Å². The molecule has 0 unspecified atom stereocenters. The van der Waals surface area contributed by atoms with Gasteiger partial charge in [-0.05, 0) is 18.2 Å². The van der Waals surface area contributed by atoms with Crippen LogP contribution in [0, 0.1) is 0 Å². The number of oxazole rings is 1. The van der Waals surface area contributed by atoms with Crippen molar-refractivity contribution in [3.05, 3.63) is 65.3 Å². The third-order valence-electron chi connectivity index (χ3n) is 5.17. The van der Waals surface area contributed by atoms with Crippen molar-refractivity contribution in [2.45, 2.75) is 6.92 Å². The normalized spacial score (nSPS) is 10.8. The second-order valence-electron chi connectivity index (χ2n) is 7.29. The Labute approximate surface area is 188 Å². The van der Waals surface area contributed by atoms with Crippen LogP contribution in [0.25, 0.3) is 33.5 Å². The van der Waals surface area contributed by atoms with Gasteiger partial charge in [0.2, 0.25) is 0 Å². The van der Waals surface area contributed by atoms with Crippen LogP contribution in [0.2, 0.25) is 0 Å². The van der Waals surface area contributed by atoms with Gasteiger partial charge in [-0.15, -0.1) is 0 Å². The lowest BCUT2D eigenvalue weighted by molar-refractivity contribution is -0.145. The van der Waals surface area contributed by atoms with Gasteiger partial charge < -0.3 is 23.8 Å². The number of amides is 1. The maximum absolute atomic E-state index is 13.0. The van der Waals surface area contributed by atoms with Crippen molar-refractivity contribution in [1.82, 2.24) is 9.97 Å². The summed E-state index contributed by atoms with van der Waals surface area (Å²) in [4.78, 5) is 44.8. The molecule has 0 saturated heterocycles. The standard InChI is InChI=1S/C24H21N3O6/c1-14(28)32-12-24(30)27(2)16-6-4-5-15(7-16)19-9-21(29)17-8-18(23-11-25-13-33-23)22(31-3)10-20(17)26-19/h4-11,13H,12H2,1-3H3,(H,26,29). The largest absolute Gasteiger partial charge is 0.496 e. The molecule has 2 aromatic carbocycles. The van der Waals surface area contributed by atoms with Crippen molar-refractivity contribution < 1.29 is 23.5 Å². The number of aromatic amines is 1. The average molecular weight is 447 g/mol. The van der Waals surface area contributed by atoms with Crippen molar-refractivity contribution >= 4 is 28.5 Å². The molecule has 0 saturated carbocycles. The summed E-state index contributed by atoms with van der Waals surface area (Å²) in [5.41, 5.74) is 2.88. The molecule has 0 bridgehead atoms. The number of anilines is 1. The molecule has 2 heterocycles. The molecule has 0 aliphatic carbocycles. The number of methoxy groups -OCH3 is 1. The molecule has 1 N–H and O–H groups in total. The van der Waals surface area contributed by atoms with Gasteiger partial charge in [-0.3, -0.25) is 14.4 Å². The van der Waals surface area contributed by atoms with Gasteiger partial charge in [0.1, 0.15) is 5.75 Å². The van der Waals surface area contributed by atoms with Crippen LogP contribution < -0.4 is 15.1 Å². The summed E-state index contributed by atoms with van der Waals surface area (Å²) in [6.07, 6.45) is 2.87. The number of H-pyrrole nitrogens is 1. The molecular formula is C24H21N3O6. The summed E-state index contributed by atoms with van der Waals surface area (Å²) in [7, 11) is 3.12. The van der Waals surface area contributed by atoms with E-state index in [4.69, 9.17) is 13.9 Å². The van der Waals surface area contributed by atoms with Gasteiger partial charge >= 0.3 is 5.97 Å². The highest BCUT2D eigenvalue weighted by Crippen LogP contribution is 2.33. The van der Waals surface area contributed by atoms with E-state index < -0.39 is 5.97 Å². The number of aromatic nitrogens is 2. The minimum Gasteiger partial charge on any atom is -0.496 e. The summed E-state index contributed by atoms with van der Waals surface area (Å²) < 4.78 is 15.6. The molecule has 0 radical (unpaired) electrons. The monoisotopic (exact) mass is 447 g/mol. The van der Waals surface area contributed by atoms with Gasteiger partial charge in [-0.2, -0.15) is 0 Å². The maximum Gasteiger partial charge on any atom is 0.303 e. The van der Waals surface area contributed by atoms with Crippen LogP contribution in [-0.2, 0) is 14.3 Å². The summed E-state index contributed by atoms with van der Waals surface area (Å²) in [6.45, 7) is 0.892. The van der Waals surface area contributed by atoms with Crippen LogP contribution in [-0.4, -0.2) is 42.6 Å². The number of likely N-dealkylation sites (N-methyl/N-ethyl adjacent to an activating group) is 1. The van der Waals surface area contributed by atoms with E-state index >= 15 is 0 Å². The van der Waals surface area contributed by atoms with Crippen molar-refractivity contribution in [1.29, 1.82) is 0 Å². The predicted octanol–water partition coefficient (Wildman–Crippen LogP) is 3.38. The summed E-state index contributed by atoms with van der Waals surface area (Å²) in [6, 6.07) is 12.1. The number of ether oxygens (including phenoxy) is 2. The lowest BCUT2D eigenvalue weighted by Crippen LogP contribution is -2.30. The number of carbonyl (C=O) groups excluding carboxylic acids is 2. The Kier molecular flexibility index (Phi) is 5.95. The molecule has 1 amide bonds. The molecule has 0 atom stereocenters. The maximum atomic E-state index is 13.0. The first kappa shape index (κ1) is 21.8. The van der Waals surface area contributed by atoms with Crippen LogP contribution in [0.4, 0.5) is 5.69 Å². The summed E-state index contributed by atoms with van der Waals surface area (Å²) >= 11 is 0. The van der Waals surface area contributed by atoms with E-state index in [2.05, 4.69) is 9.97 Å². The number of fused-ring (bicyclic) bond motifs is 1. The number of hydrogen-bond acceptors (Lipinski definition) is 7. The van der Waals surface area contributed by atoms with Gasteiger partial charge in [-0.1, -0.05) is 12.1 Å². The minimum absolute atomic E-state index is 0.188. The first-order valence-electron chi connectivity index (χ1n) is 10.0. The zero-order valence-corrected chi connectivity index (χ0v) is 18.2. The van der Waals surface area contributed by atoms with E-state index in [-0.39, 0.29) is 17.9 Å². The lowest BCUT2D eigenvalue weighted by Gasteiger charge is -2.18. The van der Waals surface area contributed by atoms with Crippen LogP contribution in [0.5, 0.6) is 5.75 Å². The fourth-order valence-electron chi connectivity index (χ4n) is 3.43. The number of pyridine rings is 1. The molecule has 9 nitrogen and oxygen atoms in total.